The van der Waals surface area contributed by atoms with Crippen molar-refractivity contribution in [3.8, 4) is 0 Å². The van der Waals surface area contributed by atoms with E-state index in [1.807, 2.05) is 0 Å². The Morgan fingerprint density at radius 2 is 1.70 bits per heavy atom. The lowest BCUT2D eigenvalue weighted by Crippen LogP contribution is -2.62. The van der Waals surface area contributed by atoms with Crippen molar-refractivity contribution in [2.24, 2.45) is 58.1 Å². The van der Waals surface area contributed by atoms with Gasteiger partial charge in [0.05, 0.1) is 12.2 Å². The van der Waals surface area contributed by atoms with Gasteiger partial charge in [-0.15, -0.1) is 0 Å². The van der Waals surface area contributed by atoms with Crippen molar-refractivity contribution in [3.05, 3.63) is 0 Å². The summed E-state index contributed by atoms with van der Waals surface area (Å²) < 4.78 is 0. The molecule has 4 aliphatic rings. The quantitative estimate of drug-likeness (QED) is 0.290. The highest BCUT2D eigenvalue weighted by Gasteiger charge is 2.64. The number of aliphatic hydroxyl groups is 2. The zero-order chi connectivity index (χ0) is 21.7. The van der Waals surface area contributed by atoms with Crippen LogP contribution in [0.3, 0.4) is 0 Å². The van der Waals surface area contributed by atoms with E-state index >= 15 is 0 Å². The van der Waals surface area contributed by atoms with Gasteiger partial charge in [-0.3, -0.25) is 11.3 Å². The maximum absolute atomic E-state index is 11.8. The Hall–Kier alpha value is -0.160. The summed E-state index contributed by atoms with van der Waals surface area (Å²) in [4.78, 5) is 0. The van der Waals surface area contributed by atoms with Crippen LogP contribution in [0.2, 0.25) is 0 Å². The van der Waals surface area contributed by atoms with Gasteiger partial charge in [-0.1, -0.05) is 34.1 Å². The van der Waals surface area contributed by atoms with Gasteiger partial charge in [-0.2, -0.15) is 0 Å². The number of fused-ring (bicyclic) bond motifs is 5. The number of rotatable bonds is 6. The van der Waals surface area contributed by atoms with Crippen LogP contribution in [0.4, 0.5) is 0 Å². The van der Waals surface area contributed by atoms with Crippen LogP contribution in [0.25, 0.3) is 0 Å². The van der Waals surface area contributed by atoms with Gasteiger partial charge in [0.25, 0.3) is 0 Å². The molecule has 4 rings (SSSR count). The van der Waals surface area contributed by atoms with Crippen molar-refractivity contribution in [2.75, 3.05) is 6.54 Å². The number of hydrogen-bond donors (Lipinski definition) is 4. The molecule has 4 fully saturated rings. The van der Waals surface area contributed by atoms with Gasteiger partial charge in [0.15, 0.2) is 0 Å². The maximum Gasteiger partial charge on any atom is 0.0605 e. The van der Waals surface area contributed by atoms with Gasteiger partial charge in [0.2, 0.25) is 0 Å². The van der Waals surface area contributed by atoms with E-state index in [0.29, 0.717) is 40.4 Å². The van der Waals surface area contributed by atoms with E-state index in [1.165, 1.54) is 32.1 Å². The van der Waals surface area contributed by atoms with Gasteiger partial charge in [-0.05, 0) is 110 Å². The summed E-state index contributed by atoms with van der Waals surface area (Å²) in [7, 11) is 0. The summed E-state index contributed by atoms with van der Waals surface area (Å²) in [5.41, 5.74) is 3.51. The predicted molar refractivity (Wildman–Crippen MR) is 122 cm³/mol. The Balaban J connectivity index is 1.59. The molecule has 0 heterocycles. The lowest BCUT2D eigenvalue weighted by molar-refractivity contribution is -0.203. The number of aliphatic hydroxyl groups excluding tert-OH is 2. The molecule has 11 atom stereocenters. The zero-order valence-electron chi connectivity index (χ0n) is 19.9. The number of nitrogens with one attached hydrogen (secondary N) is 1. The molecule has 4 saturated carbocycles. The van der Waals surface area contributed by atoms with Gasteiger partial charge in [0.1, 0.15) is 0 Å². The first-order valence-corrected chi connectivity index (χ1v) is 13.1. The van der Waals surface area contributed by atoms with Crippen molar-refractivity contribution >= 4 is 0 Å². The number of hydrogen-bond acceptors (Lipinski definition) is 4. The number of nitrogens with two attached hydrogens (primary N) is 1. The van der Waals surface area contributed by atoms with Gasteiger partial charge in [0, 0.05) is 6.54 Å². The Labute approximate surface area is 184 Å². The fraction of sp³-hybridized carbons (Fsp3) is 1.00. The zero-order valence-corrected chi connectivity index (χ0v) is 19.9. The van der Waals surface area contributed by atoms with Crippen LogP contribution in [0.1, 0.15) is 91.9 Å². The molecule has 4 aliphatic carbocycles. The van der Waals surface area contributed by atoms with E-state index in [4.69, 9.17) is 5.84 Å². The molecule has 5 N–H and O–H groups in total. The molecule has 0 aromatic heterocycles. The standard InChI is InChI=1S/C26H48N2O2/c1-5-18-22-15-17(29)10-12-26(22,4)21-11-13-25(3)19(16(2)7-6-14-28-27)8-9-20(25)23(21)24(18)30/h16-24,28-30H,5-15,27H2,1-4H3/t16-,17-,18-,19?,20?,21?,22+,23?,24-,25-,26-/m1/s1. The maximum atomic E-state index is 11.8. The first-order valence-electron chi connectivity index (χ1n) is 13.1. The normalized spacial score (nSPS) is 51.7. The van der Waals surface area contributed by atoms with Crippen LogP contribution < -0.4 is 11.3 Å². The molecule has 0 bridgehead atoms. The fourth-order valence-corrected chi connectivity index (χ4v) is 9.66. The van der Waals surface area contributed by atoms with Crippen molar-refractivity contribution < 1.29 is 10.2 Å². The minimum Gasteiger partial charge on any atom is -0.393 e. The molecule has 4 heteroatoms. The Kier molecular flexibility index (Phi) is 6.63. The largest absolute Gasteiger partial charge is 0.393 e. The molecule has 0 radical (unpaired) electrons. The van der Waals surface area contributed by atoms with Crippen LogP contribution in [-0.2, 0) is 0 Å². The average molecular weight is 421 g/mol. The highest BCUT2D eigenvalue weighted by Crippen LogP contribution is 2.69. The third-order valence-electron chi connectivity index (χ3n) is 11.1. The fourth-order valence-electron chi connectivity index (χ4n) is 9.66. The van der Waals surface area contributed by atoms with Gasteiger partial charge >= 0.3 is 0 Å². The van der Waals surface area contributed by atoms with E-state index in [1.54, 1.807) is 0 Å². The summed E-state index contributed by atoms with van der Waals surface area (Å²) in [6.45, 7) is 10.8. The molecule has 4 unspecified atom stereocenters. The van der Waals surface area contributed by atoms with Crippen LogP contribution in [0.15, 0.2) is 0 Å². The Morgan fingerprint density at radius 3 is 2.40 bits per heavy atom. The Morgan fingerprint density at radius 1 is 1.00 bits per heavy atom. The molecule has 0 aromatic carbocycles. The predicted octanol–water partition coefficient (Wildman–Crippen LogP) is 4.49. The molecule has 174 valence electrons. The van der Waals surface area contributed by atoms with Crippen molar-refractivity contribution in [3.63, 3.8) is 0 Å². The van der Waals surface area contributed by atoms with Crippen LogP contribution in [0, 0.1) is 52.3 Å². The summed E-state index contributed by atoms with van der Waals surface area (Å²) in [5.74, 6) is 9.65. The monoisotopic (exact) mass is 420 g/mol. The lowest BCUT2D eigenvalue weighted by Gasteiger charge is -2.64. The van der Waals surface area contributed by atoms with Crippen LogP contribution in [0.5, 0.6) is 0 Å². The summed E-state index contributed by atoms with van der Waals surface area (Å²) >= 11 is 0. The smallest absolute Gasteiger partial charge is 0.0605 e. The minimum absolute atomic E-state index is 0.158. The third-order valence-corrected chi connectivity index (χ3v) is 11.1. The van der Waals surface area contributed by atoms with Crippen molar-refractivity contribution in [1.82, 2.24) is 5.43 Å². The molecule has 0 saturated heterocycles. The van der Waals surface area contributed by atoms with E-state index in [2.05, 4.69) is 33.1 Å². The summed E-state index contributed by atoms with van der Waals surface area (Å²) in [5, 5.41) is 22.2. The van der Waals surface area contributed by atoms with Crippen molar-refractivity contribution in [2.45, 2.75) is 104 Å². The minimum atomic E-state index is -0.177. The molecular weight excluding hydrogens is 372 g/mol. The number of hydrazine groups is 1. The second-order valence-corrected chi connectivity index (χ2v) is 12.2. The molecule has 0 amide bonds. The van der Waals surface area contributed by atoms with Crippen LogP contribution in [-0.4, -0.2) is 29.0 Å². The summed E-state index contributed by atoms with van der Waals surface area (Å²) in [6, 6.07) is 0. The third kappa shape index (κ3) is 3.49. The van der Waals surface area contributed by atoms with Gasteiger partial charge in [-0.25, -0.2) is 0 Å². The molecular formula is C26H48N2O2. The first-order chi connectivity index (χ1) is 14.3. The lowest BCUT2D eigenvalue weighted by atomic mass is 9.41. The molecule has 0 spiro atoms. The molecule has 0 aliphatic heterocycles. The summed E-state index contributed by atoms with van der Waals surface area (Å²) in [6.07, 6.45) is 11.4. The second kappa shape index (κ2) is 8.65. The molecule has 4 nitrogen and oxygen atoms in total. The van der Waals surface area contributed by atoms with Crippen molar-refractivity contribution in [1.29, 1.82) is 0 Å². The SMILES string of the molecule is CC[C@H]1[C@@H](O)C2C3CCC([C@H](C)CCCNN)[C@@]3(C)CCC2[C@@]2(C)CC[C@@H](O)C[C@@H]12. The average Bonchev–Trinajstić information content (AvgIpc) is 3.07. The highest BCUT2D eigenvalue weighted by atomic mass is 16.3. The van der Waals surface area contributed by atoms with Crippen LogP contribution >= 0.6 is 0 Å². The Bertz CT molecular complexity index is 600. The highest BCUT2D eigenvalue weighted by molar-refractivity contribution is 5.13. The van der Waals surface area contributed by atoms with E-state index in [-0.39, 0.29) is 12.2 Å². The van der Waals surface area contributed by atoms with E-state index < -0.39 is 0 Å². The first kappa shape index (κ1) is 23.0. The molecule has 30 heavy (non-hydrogen) atoms. The molecule has 0 aromatic rings. The van der Waals surface area contributed by atoms with Gasteiger partial charge < -0.3 is 10.2 Å². The topological polar surface area (TPSA) is 78.5 Å². The van der Waals surface area contributed by atoms with E-state index in [0.717, 1.165) is 50.5 Å². The van der Waals surface area contributed by atoms with E-state index in [9.17, 15) is 10.2 Å². The second-order valence-electron chi connectivity index (χ2n) is 12.2.